The quantitative estimate of drug-likeness (QED) is 0.544. The molecule has 3 rings (SSSR count). The van der Waals surface area contributed by atoms with Gasteiger partial charge in [0.2, 0.25) is 4.77 Å². The maximum absolute atomic E-state index is 5.93. The highest BCUT2D eigenvalue weighted by molar-refractivity contribution is 7.71. The molecule has 1 aromatic carbocycles. The number of nitrogens with zero attached hydrogens (tertiary/aromatic N) is 4. The van der Waals surface area contributed by atoms with E-state index in [0.717, 1.165) is 35.5 Å². The average Bonchev–Trinajstić information content (AvgIpc) is 3.14. The number of aromatic amines is 2. The molecule has 0 spiro atoms. The van der Waals surface area contributed by atoms with Crippen LogP contribution in [0.5, 0.6) is 0 Å². The van der Waals surface area contributed by atoms with Crippen molar-refractivity contribution in [3.05, 3.63) is 51.6 Å². The van der Waals surface area contributed by atoms with E-state index in [9.17, 15) is 0 Å². The van der Waals surface area contributed by atoms with Crippen molar-refractivity contribution in [2.24, 2.45) is 5.10 Å². The number of nitrogens with one attached hydrogen (secondary N) is 2. The molecule has 6 nitrogen and oxygen atoms in total. The summed E-state index contributed by atoms with van der Waals surface area (Å²) >= 11 is 11.1. The van der Waals surface area contributed by atoms with Gasteiger partial charge in [0.1, 0.15) is 0 Å². The second-order valence-corrected chi connectivity index (χ2v) is 5.78. The van der Waals surface area contributed by atoms with Crippen LogP contribution in [0.3, 0.4) is 0 Å². The molecular weight excluding hydrogens is 332 g/mol. The van der Waals surface area contributed by atoms with E-state index >= 15 is 0 Å². The van der Waals surface area contributed by atoms with E-state index in [-0.39, 0.29) is 0 Å². The van der Waals surface area contributed by atoms with E-state index in [4.69, 9.17) is 23.8 Å². The van der Waals surface area contributed by atoms with Crippen molar-refractivity contribution < 1.29 is 0 Å². The highest BCUT2D eigenvalue weighted by Gasteiger charge is 2.07. The molecule has 8 heteroatoms. The SMILES string of the molecule is CCCc1n[nH]c(=S)n1/N=C/c1cn[nH]c1-c1ccc(Cl)cc1. The molecule has 0 aliphatic rings. The maximum atomic E-state index is 5.93. The van der Waals surface area contributed by atoms with Crippen molar-refractivity contribution in [3.63, 3.8) is 0 Å². The Balaban J connectivity index is 1.93. The van der Waals surface area contributed by atoms with Crippen LogP contribution in [0.2, 0.25) is 5.02 Å². The number of hydrogen-bond donors (Lipinski definition) is 2. The van der Waals surface area contributed by atoms with Gasteiger partial charge >= 0.3 is 0 Å². The Labute approximate surface area is 143 Å². The van der Waals surface area contributed by atoms with Crippen LogP contribution >= 0.6 is 23.8 Å². The molecular formula is C15H15ClN6S. The summed E-state index contributed by atoms with van der Waals surface area (Å²) in [6.07, 6.45) is 5.21. The summed E-state index contributed by atoms with van der Waals surface area (Å²) in [5, 5.41) is 19.2. The lowest BCUT2D eigenvalue weighted by atomic mass is 10.1. The molecule has 0 radical (unpaired) electrons. The molecule has 0 unspecified atom stereocenters. The standard InChI is InChI=1S/C15H15ClN6S/c1-2-3-13-19-21-15(23)22(13)18-9-11-8-17-20-14(11)10-4-6-12(16)7-5-10/h4-9H,2-3H2,1H3,(H,17,20)(H,21,23)/b18-9+. The van der Waals surface area contributed by atoms with E-state index in [1.807, 2.05) is 24.3 Å². The molecule has 2 aromatic heterocycles. The molecule has 0 saturated heterocycles. The normalized spacial score (nSPS) is 11.4. The van der Waals surface area contributed by atoms with Crippen LogP contribution in [-0.4, -0.2) is 31.3 Å². The van der Waals surface area contributed by atoms with Crippen LogP contribution in [0.4, 0.5) is 0 Å². The van der Waals surface area contributed by atoms with Gasteiger partial charge in [-0.3, -0.25) is 10.2 Å². The molecule has 2 N–H and O–H groups in total. The number of halogens is 1. The number of aromatic nitrogens is 5. The summed E-state index contributed by atoms with van der Waals surface area (Å²) in [6.45, 7) is 2.08. The predicted octanol–water partition coefficient (Wildman–Crippen LogP) is 3.82. The van der Waals surface area contributed by atoms with Crippen LogP contribution in [0, 0.1) is 4.77 Å². The van der Waals surface area contributed by atoms with E-state index in [2.05, 4.69) is 32.4 Å². The van der Waals surface area contributed by atoms with E-state index in [1.54, 1.807) is 17.1 Å². The summed E-state index contributed by atoms with van der Waals surface area (Å²) in [5.74, 6) is 0.810. The molecule has 23 heavy (non-hydrogen) atoms. The predicted molar refractivity (Wildman–Crippen MR) is 93.4 cm³/mol. The molecule has 0 atom stereocenters. The first-order chi connectivity index (χ1) is 11.2. The number of aryl methyl sites for hydroxylation is 1. The fraction of sp³-hybridized carbons (Fsp3) is 0.200. The molecule has 3 aromatic rings. The Hall–Kier alpha value is -2.25. The lowest BCUT2D eigenvalue weighted by molar-refractivity contribution is 0.740. The Morgan fingerprint density at radius 3 is 2.83 bits per heavy atom. The van der Waals surface area contributed by atoms with Gasteiger partial charge in [0, 0.05) is 22.6 Å². The lowest BCUT2D eigenvalue weighted by Gasteiger charge is -2.01. The molecule has 0 amide bonds. The van der Waals surface area contributed by atoms with Crippen LogP contribution in [0.1, 0.15) is 24.7 Å². The summed E-state index contributed by atoms with van der Waals surface area (Å²) in [4.78, 5) is 0. The van der Waals surface area contributed by atoms with Gasteiger partial charge in [-0.25, -0.2) is 0 Å². The van der Waals surface area contributed by atoms with Gasteiger partial charge in [-0.15, -0.1) is 0 Å². The summed E-state index contributed by atoms with van der Waals surface area (Å²) in [6, 6.07) is 7.53. The molecule has 0 bridgehead atoms. The zero-order valence-electron chi connectivity index (χ0n) is 12.5. The zero-order chi connectivity index (χ0) is 16.2. The second kappa shape index (κ2) is 6.89. The Kier molecular flexibility index (Phi) is 4.68. The van der Waals surface area contributed by atoms with Crippen LogP contribution < -0.4 is 0 Å². The van der Waals surface area contributed by atoms with Crippen LogP contribution in [0.25, 0.3) is 11.3 Å². The van der Waals surface area contributed by atoms with Crippen molar-refractivity contribution in [2.75, 3.05) is 0 Å². The third-order valence-electron chi connectivity index (χ3n) is 3.30. The van der Waals surface area contributed by atoms with Crippen molar-refractivity contribution in [1.29, 1.82) is 0 Å². The minimum absolute atomic E-state index is 0.473. The van der Waals surface area contributed by atoms with Crippen LogP contribution in [-0.2, 0) is 6.42 Å². The number of rotatable bonds is 5. The van der Waals surface area contributed by atoms with Gasteiger partial charge in [0.25, 0.3) is 0 Å². The molecule has 2 heterocycles. The fourth-order valence-electron chi connectivity index (χ4n) is 2.19. The van der Waals surface area contributed by atoms with E-state index < -0.39 is 0 Å². The summed E-state index contributed by atoms with van der Waals surface area (Å²) in [5.41, 5.74) is 2.72. The first-order valence-corrected chi connectivity index (χ1v) is 7.97. The lowest BCUT2D eigenvalue weighted by Crippen LogP contribution is -1.98. The Bertz CT molecular complexity index is 874. The molecule has 0 saturated carbocycles. The first kappa shape index (κ1) is 15.6. The molecule has 118 valence electrons. The van der Waals surface area contributed by atoms with Gasteiger partial charge in [-0.2, -0.15) is 20.0 Å². The van der Waals surface area contributed by atoms with Crippen molar-refractivity contribution >= 4 is 30.0 Å². The third-order valence-corrected chi connectivity index (χ3v) is 3.82. The average molecular weight is 347 g/mol. The zero-order valence-corrected chi connectivity index (χ0v) is 14.0. The van der Waals surface area contributed by atoms with Gasteiger partial charge < -0.3 is 0 Å². The fourth-order valence-corrected chi connectivity index (χ4v) is 2.51. The van der Waals surface area contributed by atoms with Crippen molar-refractivity contribution in [3.8, 4) is 11.3 Å². The van der Waals surface area contributed by atoms with Gasteiger partial charge in [-0.05, 0) is 30.8 Å². The van der Waals surface area contributed by atoms with E-state index in [0.29, 0.717) is 9.79 Å². The minimum atomic E-state index is 0.473. The summed E-state index contributed by atoms with van der Waals surface area (Å²) < 4.78 is 2.11. The number of hydrogen-bond acceptors (Lipinski definition) is 4. The highest BCUT2D eigenvalue weighted by atomic mass is 35.5. The van der Waals surface area contributed by atoms with Gasteiger partial charge in [0.15, 0.2) is 5.82 Å². The van der Waals surface area contributed by atoms with Crippen molar-refractivity contribution in [1.82, 2.24) is 25.1 Å². The second-order valence-electron chi connectivity index (χ2n) is 4.96. The summed E-state index contributed by atoms with van der Waals surface area (Å²) in [7, 11) is 0. The smallest absolute Gasteiger partial charge is 0.216 e. The maximum Gasteiger partial charge on any atom is 0.216 e. The van der Waals surface area contributed by atoms with Crippen molar-refractivity contribution in [2.45, 2.75) is 19.8 Å². The largest absolute Gasteiger partial charge is 0.277 e. The Morgan fingerprint density at radius 2 is 2.09 bits per heavy atom. The highest BCUT2D eigenvalue weighted by Crippen LogP contribution is 2.22. The first-order valence-electron chi connectivity index (χ1n) is 7.19. The minimum Gasteiger partial charge on any atom is -0.277 e. The molecule has 0 fully saturated rings. The van der Waals surface area contributed by atoms with Gasteiger partial charge in [0.05, 0.1) is 18.1 Å². The number of benzene rings is 1. The Morgan fingerprint density at radius 1 is 1.30 bits per heavy atom. The monoisotopic (exact) mass is 346 g/mol. The third kappa shape index (κ3) is 3.40. The molecule has 0 aliphatic heterocycles. The van der Waals surface area contributed by atoms with Gasteiger partial charge in [-0.1, -0.05) is 30.7 Å². The molecule has 0 aliphatic carbocycles. The van der Waals surface area contributed by atoms with E-state index in [1.165, 1.54) is 0 Å². The number of H-pyrrole nitrogens is 2. The topological polar surface area (TPSA) is 74.7 Å². The van der Waals surface area contributed by atoms with Crippen LogP contribution in [0.15, 0.2) is 35.6 Å².